The zero-order chi connectivity index (χ0) is 64.7. The van der Waals surface area contributed by atoms with Crippen LogP contribution in [0.1, 0.15) is 296 Å². The number of nitrogens with zero attached hydrogens (tertiary/aromatic N) is 1. The quantitative estimate of drug-likeness (QED) is 0.0195. The lowest BCUT2D eigenvalue weighted by atomic mass is 10.0. The lowest BCUT2D eigenvalue weighted by Crippen LogP contribution is -2.44. The number of esters is 2. The van der Waals surface area contributed by atoms with Crippen LogP contribution >= 0.6 is 0 Å². The summed E-state index contributed by atoms with van der Waals surface area (Å²) in [5.41, 5.74) is 0. The Labute approximate surface area is 548 Å². The second-order valence-electron chi connectivity index (χ2n) is 25.1. The fraction of sp³-hybridized carbons (Fsp3) is 0.688. The Hall–Kier alpha value is -4.57. The van der Waals surface area contributed by atoms with Gasteiger partial charge in [0.15, 0.2) is 12.4 Å². The summed E-state index contributed by atoms with van der Waals surface area (Å²) in [4.78, 5) is 37.5. The van der Waals surface area contributed by atoms with Gasteiger partial charge in [-0.2, -0.15) is 0 Å². The van der Waals surface area contributed by atoms with Crippen molar-refractivity contribution in [3.8, 4) is 0 Å². The molecule has 89 heavy (non-hydrogen) atoms. The zero-order valence-electron chi connectivity index (χ0n) is 58.0. The molecule has 2 unspecified atom stereocenters. The van der Waals surface area contributed by atoms with Crippen molar-refractivity contribution in [3.63, 3.8) is 0 Å². The molecule has 0 aliphatic heterocycles. The van der Waals surface area contributed by atoms with E-state index >= 15 is 0 Å². The Morgan fingerprint density at radius 2 is 0.607 bits per heavy atom. The van der Waals surface area contributed by atoms with E-state index in [0.717, 1.165) is 116 Å². The van der Waals surface area contributed by atoms with E-state index in [-0.39, 0.29) is 38.6 Å². The summed E-state index contributed by atoms with van der Waals surface area (Å²) in [6.07, 6.45) is 96.9. The third-order valence-electron chi connectivity index (χ3n) is 15.4. The SMILES string of the molecule is CC/C=C\C/C=C\C/C=C\C/C=C\C/C=C\C/C=C\CCCCCCCCCCCCCCCCCCCCCCCCC(=O)OC(COC(=O)CCCCCCCCC/C=C\C/C=C\C/C=C\C/C=C\C/C=C\CC)COC(OCC[N+](C)(C)C)C(=O)[O-]. The maximum absolute atomic E-state index is 12.9. The number of carbonyl (C=O) groups excluding carboxylic acids is 3. The molecule has 0 saturated heterocycles. The van der Waals surface area contributed by atoms with E-state index in [2.05, 4.69) is 148 Å². The number of rotatable bonds is 66. The second-order valence-corrected chi connectivity index (χ2v) is 25.1. The Morgan fingerprint density at radius 1 is 0.337 bits per heavy atom. The predicted octanol–water partition coefficient (Wildman–Crippen LogP) is 21.6. The van der Waals surface area contributed by atoms with Crippen LogP contribution in [0.3, 0.4) is 0 Å². The Bertz CT molecular complexity index is 1930. The van der Waals surface area contributed by atoms with E-state index < -0.39 is 24.3 Å². The first kappa shape index (κ1) is 84.4. The number of hydrogen-bond acceptors (Lipinski definition) is 8. The van der Waals surface area contributed by atoms with Crippen molar-refractivity contribution >= 4 is 17.9 Å². The molecule has 0 aliphatic carbocycles. The first-order valence-corrected chi connectivity index (χ1v) is 36.3. The first-order valence-electron chi connectivity index (χ1n) is 36.3. The van der Waals surface area contributed by atoms with E-state index in [1.165, 1.54) is 148 Å². The predicted molar refractivity (Wildman–Crippen MR) is 379 cm³/mol. The van der Waals surface area contributed by atoms with Gasteiger partial charge in [-0.25, -0.2) is 0 Å². The maximum Gasteiger partial charge on any atom is 0.306 e. The molecule has 9 nitrogen and oxygen atoms in total. The van der Waals surface area contributed by atoms with Gasteiger partial charge in [-0.3, -0.25) is 9.59 Å². The molecule has 0 heterocycles. The van der Waals surface area contributed by atoms with Crippen LogP contribution in [0.2, 0.25) is 0 Å². The van der Waals surface area contributed by atoms with Crippen molar-refractivity contribution in [2.24, 2.45) is 0 Å². The van der Waals surface area contributed by atoms with Crippen molar-refractivity contribution < 1.29 is 42.9 Å². The van der Waals surface area contributed by atoms with Gasteiger partial charge in [-0.1, -0.05) is 308 Å². The maximum atomic E-state index is 12.9. The standard InChI is InChI=1S/C80H135NO8/c1-6-8-10-12-14-16-18-20-22-24-26-28-30-31-32-33-34-35-36-37-38-39-40-41-42-43-44-45-46-47-49-51-53-55-57-59-61-63-65-67-69-71-78(83)89-76(75-88-80(79(84)85)86-73-72-81(3,4)5)74-87-77(82)70-68-66-64-62-60-58-56-54-52-50-48-29-27-25-23-21-19-17-15-13-11-9-7-2/h8-11,14-17,20-23,26-29,31-32,34-35,50,52,76,80H,6-7,12-13,18-19,24-25,30,33,36-49,51,53-75H2,1-5H3/b10-8-,11-9-,16-14-,17-15-,22-20-,23-21-,28-26-,29-27-,32-31-,35-34-,52-50-. The van der Waals surface area contributed by atoms with Crippen LogP contribution in [-0.2, 0) is 33.3 Å². The van der Waals surface area contributed by atoms with Gasteiger partial charge in [0.1, 0.15) is 13.2 Å². The smallest absolute Gasteiger partial charge is 0.306 e. The van der Waals surface area contributed by atoms with E-state index in [0.29, 0.717) is 17.4 Å². The van der Waals surface area contributed by atoms with Crippen molar-refractivity contribution in [2.45, 2.75) is 309 Å². The highest BCUT2D eigenvalue weighted by Gasteiger charge is 2.22. The van der Waals surface area contributed by atoms with Crippen molar-refractivity contribution in [3.05, 3.63) is 134 Å². The molecule has 0 saturated carbocycles. The van der Waals surface area contributed by atoms with Crippen LogP contribution in [-0.4, -0.2) is 82.3 Å². The molecule has 0 aromatic rings. The molecule has 0 spiro atoms. The van der Waals surface area contributed by atoms with E-state index in [9.17, 15) is 19.5 Å². The fourth-order valence-electron chi connectivity index (χ4n) is 9.92. The van der Waals surface area contributed by atoms with Gasteiger partial charge in [0.2, 0.25) is 0 Å². The monoisotopic (exact) mass is 1240 g/mol. The molecule has 0 fully saturated rings. The molecule has 0 rings (SSSR count). The summed E-state index contributed by atoms with van der Waals surface area (Å²) in [6.45, 7) is 4.52. The summed E-state index contributed by atoms with van der Waals surface area (Å²) in [5.74, 6) is -2.29. The van der Waals surface area contributed by atoms with Crippen LogP contribution in [0.25, 0.3) is 0 Å². The topological polar surface area (TPSA) is 111 Å². The highest BCUT2D eigenvalue weighted by molar-refractivity contribution is 5.70. The van der Waals surface area contributed by atoms with Crippen LogP contribution in [0.5, 0.6) is 0 Å². The molecule has 0 bridgehead atoms. The van der Waals surface area contributed by atoms with Gasteiger partial charge in [-0.05, 0) is 109 Å². The first-order chi connectivity index (χ1) is 43.6. The largest absolute Gasteiger partial charge is 0.545 e. The Kier molecular flexibility index (Phi) is 65.8. The van der Waals surface area contributed by atoms with Crippen LogP contribution in [0.4, 0.5) is 0 Å². The average Bonchev–Trinajstić information content (AvgIpc) is 3.64. The normalized spacial score (nSPS) is 13.5. The number of hydrogen-bond donors (Lipinski definition) is 0. The number of carboxylic acid groups (broad SMARTS) is 1. The summed E-state index contributed by atoms with van der Waals surface area (Å²) in [7, 11) is 5.93. The van der Waals surface area contributed by atoms with Crippen LogP contribution in [0.15, 0.2) is 134 Å². The lowest BCUT2D eigenvalue weighted by molar-refractivity contribution is -0.870. The third-order valence-corrected chi connectivity index (χ3v) is 15.4. The van der Waals surface area contributed by atoms with Crippen LogP contribution < -0.4 is 5.11 Å². The highest BCUT2D eigenvalue weighted by Crippen LogP contribution is 2.17. The molecule has 508 valence electrons. The third kappa shape index (κ3) is 70.7. The average molecular weight is 1240 g/mol. The van der Waals surface area contributed by atoms with E-state index in [1.807, 2.05) is 21.1 Å². The van der Waals surface area contributed by atoms with Gasteiger partial charge in [0.05, 0.1) is 40.3 Å². The minimum absolute atomic E-state index is 0.142. The number of quaternary nitrogens is 1. The summed E-state index contributed by atoms with van der Waals surface area (Å²) >= 11 is 0. The number of carboxylic acids is 1. The van der Waals surface area contributed by atoms with Gasteiger partial charge < -0.3 is 33.3 Å². The number of unbranched alkanes of at least 4 members (excludes halogenated alkanes) is 29. The molecular weight excluding hydrogens is 1100 g/mol. The molecule has 0 aromatic heterocycles. The molecule has 0 amide bonds. The number of allylic oxidation sites excluding steroid dienone is 22. The minimum atomic E-state index is -1.63. The summed E-state index contributed by atoms with van der Waals surface area (Å²) < 4.78 is 22.8. The minimum Gasteiger partial charge on any atom is -0.545 e. The van der Waals surface area contributed by atoms with Crippen LogP contribution in [0, 0.1) is 0 Å². The van der Waals surface area contributed by atoms with Crippen molar-refractivity contribution in [1.82, 2.24) is 0 Å². The van der Waals surface area contributed by atoms with Gasteiger partial charge >= 0.3 is 11.9 Å². The number of likely N-dealkylation sites (N-methyl/N-ethyl adjacent to an activating group) is 1. The molecular formula is C80H135NO8. The molecule has 9 heteroatoms. The highest BCUT2D eigenvalue weighted by atomic mass is 16.7. The van der Waals surface area contributed by atoms with Gasteiger partial charge in [0.25, 0.3) is 0 Å². The molecule has 0 N–H and O–H groups in total. The number of aliphatic carboxylic acids is 1. The number of carbonyl (C=O) groups is 3. The van der Waals surface area contributed by atoms with E-state index in [4.69, 9.17) is 18.9 Å². The van der Waals surface area contributed by atoms with Crippen molar-refractivity contribution in [2.75, 3.05) is 47.5 Å². The molecule has 2 atom stereocenters. The van der Waals surface area contributed by atoms with Gasteiger partial charge in [-0.15, -0.1) is 0 Å². The summed E-state index contributed by atoms with van der Waals surface area (Å²) in [6, 6.07) is 0. The van der Waals surface area contributed by atoms with Crippen molar-refractivity contribution in [1.29, 1.82) is 0 Å². The molecule has 0 aromatic carbocycles. The Balaban J connectivity index is 4.04. The number of ether oxygens (including phenoxy) is 4. The second kappa shape index (κ2) is 69.3. The lowest BCUT2D eigenvalue weighted by Gasteiger charge is -2.26. The summed E-state index contributed by atoms with van der Waals surface area (Å²) in [5, 5.41) is 11.8. The zero-order valence-corrected chi connectivity index (χ0v) is 58.0. The molecule has 0 aliphatic rings. The fourth-order valence-corrected chi connectivity index (χ4v) is 9.92. The molecule has 0 radical (unpaired) electrons. The van der Waals surface area contributed by atoms with E-state index in [1.54, 1.807) is 0 Å². The Morgan fingerprint density at radius 3 is 0.899 bits per heavy atom. The van der Waals surface area contributed by atoms with Gasteiger partial charge in [0, 0.05) is 12.8 Å².